The van der Waals surface area contributed by atoms with E-state index < -0.39 is 5.97 Å². The predicted octanol–water partition coefficient (Wildman–Crippen LogP) is 0.397. The van der Waals surface area contributed by atoms with Crippen molar-refractivity contribution in [2.45, 2.75) is 0 Å². The summed E-state index contributed by atoms with van der Waals surface area (Å²) in [6.07, 6.45) is 0. The number of aliphatic hydroxyl groups is 1. The topological polar surface area (TPSA) is 78.9 Å². The molecule has 1 aromatic rings. The number of ether oxygens (including phenoxy) is 1. The van der Waals surface area contributed by atoms with Crippen LogP contribution < -0.4 is 5.32 Å². The van der Waals surface area contributed by atoms with Gasteiger partial charge >= 0.3 is 5.97 Å². The van der Waals surface area contributed by atoms with Crippen LogP contribution in [0.3, 0.4) is 0 Å². The van der Waals surface area contributed by atoms with Gasteiger partial charge in [-0.2, -0.15) is 0 Å². The Morgan fingerprint density at radius 2 is 2.28 bits per heavy atom. The minimum absolute atomic E-state index is 0.00432. The summed E-state index contributed by atoms with van der Waals surface area (Å²) < 4.78 is 4.61. The first kappa shape index (κ1) is 14.6. The zero-order chi connectivity index (χ0) is 13.5. The summed E-state index contributed by atoms with van der Waals surface area (Å²) in [5.74, 6) is -0.710. The molecule has 0 saturated heterocycles. The molecule has 0 atom stereocenters. The highest BCUT2D eigenvalue weighted by Crippen LogP contribution is 2.22. The third-order valence-electron chi connectivity index (χ3n) is 2.21. The predicted molar refractivity (Wildman–Crippen MR) is 68.9 cm³/mol. The molecular weight excluding hydrogens is 256 g/mol. The molecule has 0 aliphatic rings. The molecule has 1 heterocycles. The summed E-state index contributed by atoms with van der Waals surface area (Å²) in [6.45, 7) is 0.563. The van der Waals surface area contributed by atoms with E-state index >= 15 is 0 Å². The minimum atomic E-state index is -0.469. The zero-order valence-corrected chi connectivity index (χ0v) is 11.1. The molecule has 18 heavy (non-hydrogen) atoms. The lowest BCUT2D eigenvalue weighted by Crippen LogP contribution is -2.32. The molecule has 6 nitrogen and oxygen atoms in total. The largest absolute Gasteiger partial charge is 0.465 e. The smallest absolute Gasteiger partial charge is 0.350 e. The fourth-order valence-corrected chi connectivity index (χ4v) is 2.11. The molecule has 1 aromatic heterocycles. The van der Waals surface area contributed by atoms with Gasteiger partial charge in [0, 0.05) is 6.54 Å². The fourth-order valence-electron chi connectivity index (χ4n) is 1.34. The van der Waals surface area contributed by atoms with Gasteiger partial charge < -0.3 is 15.2 Å². The van der Waals surface area contributed by atoms with E-state index in [0.717, 1.165) is 0 Å². The molecule has 0 fully saturated rings. The van der Waals surface area contributed by atoms with Crippen LogP contribution in [-0.2, 0) is 9.53 Å². The van der Waals surface area contributed by atoms with Crippen molar-refractivity contribution >= 4 is 28.9 Å². The molecule has 100 valence electrons. The summed E-state index contributed by atoms with van der Waals surface area (Å²) in [6, 6.07) is 1.65. The summed E-state index contributed by atoms with van der Waals surface area (Å²) in [5, 5.41) is 13.1. The molecule has 0 saturated carbocycles. The van der Waals surface area contributed by atoms with Gasteiger partial charge in [0.05, 0.1) is 25.9 Å². The first-order valence-electron chi connectivity index (χ1n) is 5.33. The Labute approximate surface area is 109 Å². The molecule has 0 radical (unpaired) electrons. The lowest BCUT2D eigenvalue weighted by molar-refractivity contribution is -0.117. The van der Waals surface area contributed by atoms with E-state index in [1.165, 1.54) is 18.4 Å². The van der Waals surface area contributed by atoms with Crippen molar-refractivity contribution < 1.29 is 19.4 Å². The lowest BCUT2D eigenvalue weighted by Gasteiger charge is -2.14. The second-order valence-electron chi connectivity index (χ2n) is 3.66. The Kier molecular flexibility index (Phi) is 5.76. The fraction of sp³-hybridized carbons (Fsp3) is 0.455. The molecule has 0 spiro atoms. The number of methoxy groups -OCH3 is 1. The van der Waals surface area contributed by atoms with E-state index in [9.17, 15) is 9.59 Å². The number of rotatable bonds is 6. The number of hydrogen-bond donors (Lipinski definition) is 2. The van der Waals surface area contributed by atoms with Gasteiger partial charge in [-0.05, 0) is 18.5 Å². The van der Waals surface area contributed by atoms with Crippen LogP contribution in [0.25, 0.3) is 0 Å². The van der Waals surface area contributed by atoms with Crippen LogP contribution in [-0.4, -0.2) is 55.7 Å². The van der Waals surface area contributed by atoms with E-state index in [4.69, 9.17) is 5.11 Å². The van der Waals surface area contributed by atoms with Crippen molar-refractivity contribution in [3.05, 3.63) is 16.3 Å². The third-order valence-corrected chi connectivity index (χ3v) is 3.10. The molecule has 2 N–H and O–H groups in total. The molecule has 7 heteroatoms. The Morgan fingerprint density at radius 3 is 2.89 bits per heavy atom. The molecule has 1 amide bonds. The standard InChI is InChI=1S/C11H16N2O4S/c1-13(4-5-14)7-9(15)12-8-3-6-18-10(8)11(16)17-2/h3,6,14H,4-5,7H2,1-2H3,(H,12,15). The van der Waals surface area contributed by atoms with Crippen molar-refractivity contribution in [3.8, 4) is 0 Å². The van der Waals surface area contributed by atoms with Crippen LogP contribution in [0.2, 0.25) is 0 Å². The van der Waals surface area contributed by atoms with E-state index in [0.29, 0.717) is 17.1 Å². The van der Waals surface area contributed by atoms with E-state index in [2.05, 4.69) is 10.1 Å². The van der Waals surface area contributed by atoms with Gasteiger partial charge in [-0.15, -0.1) is 11.3 Å². The van der Waals surface area contributed by atoms with Crippen molar-refractivity contribution in [1.29, 1.82) is 0 Å². The maximum absolute atomic E-state index is 11.7. The van der Waals surface area contributed by atoms with Crippen LogP contribution in [0.1, 0.15) is 9.67 Å². The number of thiophene rings is 1. The summed E-state index contributed by atoms with van der Waals surface area (Å²) in [4.78, 5) is 25.1. The average Bonchev–Trinajstić information content (AvgIpc) is 2.76. The first-order valence-corrected chi connectivity index (χ1v) is 6.21. The first-order chi connectivity index (χ1) is 8.58. The van der Waals surface area contributed by atoms with Crippen LogP contribution >= 0.6 is 11.3 Å². The molecule has 0 unspecified atom stereocenters. The number of aliphatic hydroxyl groups excluding tert-OH is 1. The second-order valence-corrected chi connectivity index (χ2v) is 4.58. The minimum Gasteiger partial charge on any atom is -0.465 e. The van der Waals surface area contributed by atoms with Crippen LogP contribution in [0.15, 0.2) is 11.4 Å². The highest BCUT2D eigenvalue weighted by molar-refractivity contribution is 7.12. The number of esters is 1. The maximum Gasteiger partial charge on any atom is 0.350 e. The Hall–Kier alpha value is -1.44. The van der Waals surface area contributed by atoms with Gasteiger partial charge in [0.1, 0.15) is 4.88 Å². The number of likely N-dealkylation sites (N-methyl/N-ethyl adjacent to an activating group) is 1. The van der Waals surface area contributed by atoms with Gasteiger partial charge in [-0.1, -0.05) is 0 Å². The Bertz CT molecular complexity index is 419. The lowest BCUT2D eigenvalue weighted by atomic mass is 10.3. The normalized spacial score (nSPS) is 10.4. The molecule has 0 aromatic carbocycles. The molecule has 1 rings (SSSR count). The van der Waals surface area contributed by atoms with Crippen molar-refractivity contribution in [3.63, 3.8) is 0 Å². The number of nitrogens with zero attached hydrogens (tertiary/aromatic N) is 1. The van der Waals surface area contributed by atoms with Crippen molar-refractivity contribution in [2.75, 3.05) is 39.2 Å². The average molecular weight is 272 g/mol. The Balaban J connectivity index is 2.59. The van der Waals surface area contributed by atoms with Gasteiger partial charge in [-0.3, -0.25) is 9.69 Å². The quantitative estimate of drug-likeness (QED) is 0.733. The molecular formula is C11H16N2O4S. The van der Waals surface area contributed by atoms with Crippen LogP contribution in [0, 0.1) is 0 Å². The van der Waals surface area contributed by atoms with Crippen LogP contribution in [0.4, 0.5) is 5.69 Å². The number of carbonyl (C=O) groups excluding carboxylic acids is 2. The number of nitrogens with one attached hydrogen (secondary N) is 1. The number of carbonyl (C=O) groups is 2. The number of amides is 1. The van der Waals surface area contributed by atoms with Crippen molar-refractivity contribution in [2.24, 2.45) is 0 Å². The molecule has 0 aliphatic carbocycles. The maximum atomic E-state index is 11.7. The van der Waals surface area contributed by atoms with Gasteiger partial charge in [0.15, 0.2) is 0 Å². The van der Waals surface area contributed by atoms with Gasteiger partial charge in [0.2, 0.25) is 5.91 Å². The van der Waals surface area contributed by atoms with E-state index in [-0.39, 0.29) is 19.1 Å². The third kappa shape index (κ3) is 4.10. The van der Waals surface area contributed by atoms with Crippen LogP contribution in [0.5, 0.6) is 0 Å². The SMILES string of the molecule is COC(=O)c1sccc1NC(=O)CN(C)CCO. The van der Waals surface area contributed by atoms with Crippen molar-refractivity contribution in [1.82, 2.24) is 4.90 Å². The summed E-state index contributed by atoms with van der Waals surface area (Å²) >= 11 is 1.21. The zero-order valence-electron chi connectivity index (χ0n) is 10.3. The highest BCUT2D eigenvalue weighted by atomic mass is 32.1. The van der Waals surface area contributed by atoms with E-state index in [1.807, 2.05) is 0 Å². The monoisotopic (exact) mass is 272 g/mol. The second kappa shape index (κ2) is 7.10. The molecule has 0 aliphatic heterocycles. The van der Waals surface area contributed by atoms with Gasteiger partial charge in [-0.25, -0.2) is 4.79 Å². The summed E-state index contributed by atoms with van der Waals surface area (Å²) in [7, 11) is 3.02. The number of hydrogen-bond acceptors (Lipinski definition) is 6. The Morgan fingerprint density at radius 1 is 1.56 bits per heavy atom. The number of anilines is 1. The van der Waals surface area contributed by atoms with E-state index in [1.54, 1.807) is 23.4 Å². The molecule has 0 bridgehead atoms. The highest BCUT2D eigenvalue weighted by Gasteiger charge is 2.16. The summed E-state index contributed by atoms with van der Waals surface area (Å²) in [5.41, 5.74) is 0.453. The van der Waals surface area contributed by atoms with Gasteiger partial charge in [0.25, 0.3) is 0 Å².